The lowest BCUT2D eigenvalue weighted by atomic mass is 9.92. The fourth-order valence-electron chi connectivity index (χ4n) is 3.69. The first-order valence-electron chi connectivity index (χ1n) is 10.6. The van der Waals surface area contributed by atoms with Gasteiger partial charge in [-0.25, -0.2) is 9.78 Å². The minimum Gasteiger partial charge on any atom is -0.465 e. The second kappa shape index (κ2) is 10.6. The van der Waals surface area contributed by atoms with Crippen molar-refractivity contribution in [3.63, 3.8) is 0 Å². The van der Waals surface area contributed by atoms with Crippen LogP contribution in [-0.4, -0.2) is 40.1 Å². The van der Waals surface area contributed by atoms with E-state index in [4.69, 9.17) is 4.74 Å². The normalized spacial score (nSPS) is 13.1. The zero-order chi connectivity index (χ0) is 22.4. The Morgan fingerprint density at radius 2 is 1.97 bits per heavy atom. The van der Waals surface area contributed by atoms with Crippen molar-refractivity contribution in [3.05, 3.63) is 71.8 Å². The van der Waals surface area contributed by atoms with E-state index in [9.17, 15) is 9.90 Å². The van der Waals surface area contributed by atoms with E-state index in [0.29, 0.717) is 11.5 Å². The fraction of sp³-hybridized carbons (Fsp3) is 0.360. The van der Waals surface area contributed by atoms with Gasteiger partial charge in [-0.1, -0.05) is 45.0 Å². The predicted octanol–water partition coefficient (Wildman–Crippen LogP) is 5.54. The Kier molecular flexibility index (Phi) is 7.93. The number of hydrogen-bond acceptors (Lipinski definition) is 5. The van der Waals surface area contributed by atoms with E-state index in [0.717, 1.165) is 33.8 Å². The monoisotopic (exact) mass is 438 g/mol. The van der Waals surface area contributed by atoms with Crippen LogP contribution in [0.1, 0.15) is 60.6 Å². The summed E-state index contributed by atoms with van der Waals surface area (Å²) >= 11 is 1.65. The third-order valence-corrected chi connectivity index (χ3v) is 6.63. The second-order valence-electron chi connectivity index (χ2n) is 7.50. The van der Waals surface area contributed by atoms with Crippen LogP contribution in [0.15, 0.2) is 60.0 Å². The number of aromatic nitrogens is 2. The third-order valence-electron chi connectivity index (χ3n) is 5.67. The van der Waals surface area contributed by atoms with Crippen molar-refractivity contribution in [3.8, 4) is 11.1 Å². The molecular formula is C25H30N2O3S. The zero-order valence-electron chi connectivity index (χ0n) is 18.5. The number of ether oxygens (including phenoxy) is 1. The van der Waals surface area contributed by atoms with Gasteiger partial charge in [0.1, 0.15) is 0 Å². The number of thioether (sulfide) groups is 1. The Morgan fingerprint density at radius 3 is 2.52 bits per heavy atom. The zero-order valence-corrected chi connectivity index (χ0v) is 19.4. The molecule has 0 aliphatic rings. The smallest absolute Gasteiger partial charge is 0.338 e. The molecule has 3 aromatic rings. The molecule has 31 heavy (non-hydrogen) atoms. The maximum absolute atomic E-state index is 12.7. The first-order valence-corrected chi connectivity index (χ1v) is 11.6. The van der Waals surface area contributed by atoms with Crippen LogP contribution in [0.5, 0.6) is 0 Å². The standard InChI is InChI=1S/C25H30N2O3S/c1-5-17(3)18-7-9-19(10-8-18)20-13-22(23(15-28)27-12-11-26-16-27)24(31-6-2)14-21(20)25(29)30-4/h7-14,16-17,23,28H,5-6,15H2,1-4H3. The van der Waals surface area contributed by atoms with Crippen molar-refractivity contribution in [1.29, 1.82) is 0 Å². The molecule has 1 N–H and O–H groups in total. The maximum atomic E-state index is 12.7. The van der Waals surface area contributed by atoms with Crippen LogP contribution in [-0.2, 0) is 4.74 Å². The summed E-state index contributed by atoms with van der Waals surface area (Å²) in [5, 5.41) is 10.2. The van der Waals surface area contributed by atoms with Crippen molar-refractivity contribution in [2.45, 2.75) is 44.0 Å². The summed E-state index contributed by atoms with van der Waals surface area (Å²) in [5.74, 6) is 0.959. The number of nitrogens with zero attached hydrogens (tertiary/aromatic N) is 2. The van der Waals surface area contributed by atoms with Crippen LogP contribution in [0.25, 0.3) is 11.1 Å². The van der Waals surface area contributed by atoms with E-state index in [2.05, 4.69) is 50.0 Å². The van der Waals surface area contributed by atoms with Crippen molar-refractivity contribution >= 4 is 17.7 Å². The van der Waals surface area contributed by atoms with E-state index in [1.54, 1.807) is 24.3 Å². The van der Waals surface area contributed by atoms with Gasteiger partial charge in [0.2, 0.25) is 0 Å². The van der Waals surface area contributed by atoms with Crippen LogP contribution < -0.4 is 0 Å². The molecule has 0 saturated carbocycles. The first kappa shape index (κ1) is 23.1. The van der Waals surface area contributed by atoms with Gasteiger partial charge in [-0.15, -0.1) is 11.8 Å². The van der Waals surface area contributed by atoms with E-state index in [1.165, 1.54) is 12.7 Å². The van der Waals surface area contributed by atoms with Gasteiger partial charge >= 0.3 is 5.97 Å². The number of carbonyl (C=O) groups is 1. The quantitative estimate of drug-likeness (QED) is 0.351. The highest BCUT2D eigenvalue weighted by Crippen LogP contribution is 2.37. The lowest BCUT2D eigenvalue weighted by Crippen LogP contribution is -2.16. The molecule has 0 amide bonds. The Morgan fingerprint density at radius 1 is 1.23 bits per heavy atom. The summed E-state index contributed by atoms with van der Waals surface area (Å²) in [4.78, 5) is 17.8. The van der Waals surface area contributed by atoms with Crippen molar-refractivity contribution in [1.82, 2.24) is 9.55 Å². The minimum atomic E-state index is -0.367. The number of rotatable bonds is 9. The van der Waals surface area contributed by atoms with E-state index in [1.807, 2.05) is 22.9 Å². The highest BCUT2D eigenvalue weighted by Gasteiger charge is 2.23. The number of methoxy groups -OCH3 is 1. The van der Waals surface area contributed by atoms with Crippen LogP contribution >= 0.6 is 11.8 Å². The molecule has 0 radical (unpaired) electrons. The molecule has 0 spiro atoms. The Bertz CT molecular complexity index is 1000. The highest BCUT2D eigenvalue weighted by atomic mass is 32.2. The Balaban J connectivity index is 2.19. The molecule has 164 valence electrons. The van der Waals surface area contributed by atoms with Gasteiger partial charge in [0.15, 0.2) is 0 Å². The van der Waals surface area contributed by atoms with Gasteiger partial charge in [0.05, 0.1) is 31.6 Å². The van der Waals surface area contributed by atoms with Crippen LogP contribution in [0, 0.1) is 0 Å². The van der Waals surface area contributed by atoms with Gasteiger partial charge in [-0.05, 0) is 52.5 Å². The molecule has 0 aliphatic carbocycles. The minimum absolute atomic E-state index is 0.0718. The summed E-state index contributed by atoms with van der Waals surface area (Å²) in [6.07, 6.45) is 6.32. The average Bonchev–Trinajstić information content (AvgIpc) is 3.34. The number of carbonyl (C=O) groups excluding carboxylic acids is 1. The van der Waals surface area contributed by atoms with Crippen LogP contribution in [0.4, 0.5) is 0 Å². The molecule has 1 aromatic heterocycles. The second-order valence-corrected chi connectivity index (χ2v) is 8.81. The number of aliphatic hydroxyl groups is 1. The number of benzene rings is 2. The molecule has 0 saturated heterocycles. The van der Waals surface area contributed by atoms with Crippen LogP contribution in [0.3, 0.4) is 0 Å². The molecular weight excluding hydrogens is 408 g/mol. The average molecular weight is 439 g/mol. The highest BCUT2D eigenvalue weighted by molar-refractivity contribution is 7.99. The maximum Gasteiger partial charge on any atom is 0.338 e. The van der Waals surface area contributed by atoms with Gasteiger partial charge in [-0.3, -0.25) is 0 Å². The topological polar surface area (TPSA) is 64.3 Å². The molecule has 5 nitrogen and oxygen atoms in total. The van der Waals surface area contributed by atoms with Crippen molar-refractivity contribution in [2.75, 3.05) is 19.5 Å². The molecule has 0 fully saturated rings. The number of esters is 1. The summed E-state index contributed by atoms with van der Waals surface area (Å²) < 4.78 is 6.99. The van der Waals surface area contributed by atoms with Gasteiger partial charge < -0.3 is 14.4 Å². The van der Waals surface area contributed by atoms with Gasteiger partial charge in [0.25, 0.3) is 0 Å². The lowest BCUT2D eigenvalue weighted by molar-refractivity contribution is 0.0601. The summed E-state index contributed by atoms with van der Waals surface area (Å²) in [6, 6.07) is 12.0. The molecule has 2 unspecified atom stereocenters. The van der Waals surface area contributed by atoms with E-state index >= 15 is 0 Å². The summed E-state index contributed by atoms with van der Waals surface area (Å²) in [5.41, 5.74) is 4.51. The first-order chi connectivity index (χ1) is 15.0. The van der Waals surface area contributed by atoms with E-state index < -0.39 is 0 Å². The van der Waals surface area contributed by atoms with Gasteiger partial charge in [-0.2, -0.15) is 0 Å². The number of hydrogen-bond donors (Lipinski definition) is 1. The number of aliphatic hydroxyl groups excluding tert-OH is 1. The molecule has 0 aliphatic heterocycles. The Labute approximate surface area is 188 Å². The molecule has 3 rings (SSSR count). The number of imidazole rings is 1. The largest absolute Gasteiger partial charge is 0.465 e. The van der Waals surface area contributed by atoms with E-state index in [-0.39, 0.29) is 18.6 Å². The Hall–Kier alpha value is -2.57. The molecule has 2 atom stereocenters. The van der Waals surface area contributed by atoms with Crippen LogP contribution in [0.2, 0.25) is 0 Å². The van der Waals surface area contributed by atoms with Crippen molar-refractivity contribution in [2.24, 2.45) is 0 Å². The lowest BCUT2D eigenvalue weighted by Gasteiger charge is -2.22. The predicted molar refractivity (Wildman–Crippen MR) is 126 cm³/mol. The van der Waals surface area contributed by atoms with Crippen molar-refractivity contribution < 1.29 is 14.6 Å². The molecule has 2 aromatic carbocycles. The fourth-order valence-corrected chi connectivity index (χ4v) is 4.56. The SMILES string of the molecule is CCSc1cc(C(=O)OC)c(-c2ccc(C(C)CC)cc2)cc1C(CO)n1ccnc1. The molecule has 6 heteroatoms. The summed E-state index contributed by atoms with van der Waals surface area (Å²) in [6.45, 7) is 6.38. The molecule has 0 bridgehead atoms. The third kappa shape index (κ3) is 5.02. The van der Waals surface area contributed by atoms with Gasteiger partial charge in [0, 0.05) is 17.3 Å². The molecule has 1 heterocycles. The summed E-state index contributed by atoms with van der Waals surface area (Å²) in [7, 11) is 1.40.